The van der Waals surface area contributed by atoms with Crippen molar-refractivity contribution in [1.82, 2.24) is 24.0 Å². The van der Waals surface area contributed by atoms with Crippen LogP contribution >= 0.6 is 0 Å². The summed E-state index contributed by atoms with van der Waals surface area (Å²) in [4.78, 5) is 54.0. The van der Waals surface area contributed by atoms with Crippen LogP contribution in [0.25, 0.3) is 16.9 Å². The van der Waals surface area contributed by atoms with E-state index in [0.29, 0.717) is 32.1 Å². The second-order valence-electron chi connectivity index (χ2n) is 8.37. The Hall–Kier alpha value is -4.58. The van der Waals surface area contributed by atoms with Gasteiger partial charge in [0.1, 0.15) is 0 Å². The van der Waals surface area contributed by atoms with Crippen molar-refractivity contribution in [2.75, 3.05) is 38.2 Å². The van der Waals surface area contributed by atoms with Gasteiger partial charge in [-0.25, -0.2) is 14.2 Å². The van der Waals surface area contributed by atoms with Crippen LogP contribution in [0.3, 0.4) is 0 Å². The van der Waals surface area contributed by atoms with Crippen LogP contribution in [0.1, 0.15) is 13.8 Å². The summed E-state index contributed by atoms with van der Waals surface area (Å²) in [5.41, 5.74) is -1.72. The van der Waals surface area contributed by atoms with Crippen LogP contribution in [0.2, 0.25) is 0 Å². The highest BCUT2D eigenvalue weighted by atomic mass is 19.4. The fourth-order valence-corrected chi connectivity index (χ4v) is 3.80. The first kappa shape index (κ1) is 30.0. The number of carbonyl (C=O) groups is 2. The number of benzene rings is 1. The van der Waals surface area contributed by atoms with Gasteiger partial charge < -0.3 is 19.7 Å². The molecule has 1 aliphatic heterocycles. The largest absolute Gasteiger partial charge is 0.491 e. The smallest absolute Gasteiger partial charge is 0.469 e. The van der Waals surface area contributed by atoms with Crippen LogP contribution < -0.4 is 26.2 Å². The number of imidazole rings is 1. The molecule has 0 bridgehead atoms. The van der Waals surface area contributed by atoms with Gasteiger partial charge in [-0.15, -0.1) is 5.92 Å². The molecule has 1 fully saturated rings. The van der Waals surface area contributed by atoms with E-state index in [1.165, 1.54) is 39.3 Å². The third kappa shape index (κ3) is 6.34. The molecule has 1 aliphatic rings. The molecular weight excluding hydrogens is 537 g/mol. The third-order valence-corrected chi connectivity index (χ3v) is 5.77. The maximum atomic E-state index is 13.2. The SMILES string of the molecule is CC#CCn1c(N2CCNCC2)nc2c1c(=O)n(C)c(=O)n2-c1ccccc1OC(=O)C(F)(F)F.COC(C)=O. The molecule has 15 heteroatoms. The fraction of sp³-hybridized carbons (Fsp3) is 0.400. The molecule has 1 saturated heterocycles. The van der Waals surface area contributed by atoms with Crippen molar-refractivity contribution in [3.63, 3.8) is 0 Å². The highest BCUT2D eigenvalue weighted by molar-refractivity contribution is 5.81. The minimum Gasteiger partial charge on any atom is -0.469 e. The molecular formula is C25H27F3N6O6. The summed E-state index contributed by atoms with van der Waals surface area (Å²) in [7, 11) is 2.60. The van der Waals surface area contributed by atoms with Crippen molar-refractivity contribution in [2.24, 2.45) is 7.05 Å². The second kappa shape index (κ2) is 12.5. The van der Waals surface area contributed by atoms with E-state index in [1.807, 2.05) is 4.90 Å². The quantitative estimate of drug-likeness (QED) is 0.280. The molecule has 1 N–H and O–H groups in total. The summed E-state index contributed by atoms with van der Waals surface area (Å²) in [6.07, 6.45) is -5.24. The number of alkyl halides is 3. The summed E-state index contributed by atoms with van der Waals surface area (Å²) in [5.74, 6) is 2.86. The van der Waals surface area contributed by atoms with Crippen molar-refractivity contribution in [1.29, 1.82) is 0 Å². The molecule has 40 heavy (non-hydrogen) atoms. The maximum Gasteiger partial charge on any atom is 0.491 e. The number of para-hydroxylation sites is 2. The number of piperazine rings is 1. The summed E-state index contributed by atoms with van der Waals surface area (Å²) < 4.78 is 50.7. The molecule has 3 heterocycles. The van der Waals surface area contributed by atoms with E-state index in [9.17, 15) is 32.3 Å². The summed E-state index contributed by atoms with van der Waals surface area (Å²) >= 11 is 0. The number of ether oxygens (including phenoxy) is 2. The van der Waals surface area contributed by atoms with Gasteiger partial charge in [0.2, 0.25) is 5.95 Å². The van der Waals surface area contributed by atoms with Crippen molar-refractivity contribution in [3.8, 4) is 23.3 Å². The number of fused-ring (bicyclic) bond motifs is 1. The van der Waals surface area contributed by atoms with Gasteiger partial charge in [-0.05, 0) is 19.1 Å². The standard InChI is InChI=1S/C22H21F3N6O4.C3H6O2/c1-3-4-11-30-16-17(27-20(30)29-12-9-26-10-13-29)31(21(34)28(2)18(16)32)14-7-5-6-8-15(14)35-19(33)22(23,24)25;1-3(4)5-2/h5-8,26H,9-13H2,1-2H3;1-2H3. The fourth-order valence-electron chi connectivity index (χ4n) is 3.80. The zero-order valence-electron chi connectivity index (χ0n) is 22.2. The minimum absolute atomic E-state index is 0.0420. The number of halogens is 3. The lowest BCUT2D eigenvalue weighted by molar-refractivity contribution is -0.189. The Morgan fingerprint density at radius 1 is 1.15 bits per heavy atom. The van der Waals surface area contributed by atoms with Gasteiger partial charge in [0.25, 0.3) is 5.56 Å². The molecule has 0 saturated carbocycles. The minimum atomic E-state index is -5.24. The van der Waals surface area contributed by atoms with Crippen LogP contribution in [0, 0.1) is 11.8 Å². The number of nitrogens with one attached hydrogen (secondary N) is 1. The lowest BCUT2D eigenvalue weighted by atomic mass is 10.3. The summed E-state index contributed by atoms with van der Waals surface area (Å²) in [6, 6.07) is 5.24. The lowest BCUT2D eigenvalue weighted by Gasteiger charge is -2.28. The molecule has 0 amide bonds. The van der Waals surface area contributed by atoms with Gasteiger partial charge in [-0.3, -0.25) is 18.7 Å². The average Bonchev–Trinajstić information content (AvgIpc) is 3.31. The highest BCUT2D eigenvalue weighted by Gasteiger charge is 2.42. The first-order valence-electron chi connectivity index (χ1n) is 11.9. The van der Waals surface area contributed by atoms with Crippen molar-refractivity contribution in [2.45, 2.75) is 26.6 Å². The Kier molecular flexibility index (Phi) is 9.38. The highest BCUT2D eigenvalue weighted by Crippen LogP contribution is 2.28. The number of anilines is 1. The van der Waals surface area contributed by atoms with Crippen LogP contribution in [0.4, 0.5) is 19.1 Å². The topological polar surface area (TPSA) is 130 Å². The molecule has 0 unspecified atom stereocenters. The molecule has 4 rings (SSSR count). The number of esters is 2. The van der Waals surface area contributed by atoms with Gasteiger partial charge >= 0.3 is 23.8 Å². The lowest BCUT2D eigenvalue weighted by Crippen LogP contribution is -2.44. The molecule has 2 aromatic heterocycles. The van der Waals surface area contributed by atoms with Crippen LogP contribution in [-0.2, 0) is 27.9 Å². The molecule has 0 spiro atoms. The number of carbonyl (C=O) groups excluding carboxylic acids is 2. The number of nitrogens with zero attached hydrogens (tertiary/aromatic N) is 5. The van der Waals surface area contributed by atoms with E-state index >= 15 is 0 Å². The normalized spacial score (nSPS) is 13.1. The molecule has 0 atom stereocenters. The zero-order chi connectivity index (χ0) is 29.6. The average molecular weight is 565 g/mol. The predicted octanol–water partition coefficient (Wildman–Crippen LogP) is 0.966. The first-order valence-corrected chi connectivity index (χ1v) is 11.9. The summed E-state index contributed by atoms with van der Waals surface area (Å²) in [5, 5.41) is 3.22. The molecule has 12 nitrogen and oxygen atoms in total. The van der Waals surface area contributed by atoms with Gasteiger partial charge in [0.05, 0.1) is 19.3 Å². The monoisotopic (exact) mass is 564 g/mol. The van der Waals surface area contributed by atoms with Crippen LogP contribution in [0.15, 0.2) is 33.9 Å². The Morgan fingerprint density at radius 3 is 2.35 bits per heavy atom. The Balaban J connectivity index is 0.000000810. The van der Waals surface area contributed by atoms with E-state index < -0.39 is 29.1 Å². The number of methoxy groups -OCH3 is 1. The van der Waals surface area contributed by atoms with Gasteiger partial charge in [0.15, 0.2) is 16.9 Å². The van der Waals surface area contributed by atoms with Crippen LogP contribution in [0.5, 0.6) is 5.75 Å². The Morgan fingerprint density at radius 2 is 1.77 bits per heavy atom. The molecule has 214 valence electrons. The summed E-state index contributed by atoms with van der Waals surface area (Å²) in [6.45, 7) is 5.60. The van der Waals surface area contributed by atoms with E-state index in [1.54, 1.807) is 11.5 Å². The second-order valence-corrected chi connectivity index (χ2v) is 8.37. The number of hydrogen-bond acceptors (Lipinski definition) is 9. The van der Waals surface area contributed by atoms with E-state index in [-0.39, 0.29) is 29.4 Å². The third-order valence-electron chi connectivity index (χ3n) is 5.77. The number of hydrogen-bond donors (Lipinski definition) is 1. The van der Waals surface area contributed by atoms with Crippen molar-refractivity contribution >= 4 is 29.1 Å². The van der Waals surface area contributed by atoms with Gasteiger partial charge in [-0.1, -0.05) is 18.1 Å². The van der Waals surface area contributed by atoms with Crippen molar-refractivity contribution in [3.05, 3.63) is 45.1 Å². The Labute approximate surface area is 225 Å². The first-order chi connectivity index (χ1) is 18.9. The molecule has 1 aromatic carbocycles. The number of rotatable bonds is 4. The zero-order valence-corrected chi connectivity index (χ0v) is 22.2. The molecule has 3 aromatic rings. The molecule has 0 aliphatic carbocycles. The predicted molar refractivity (Wildman–Crippen MR) is 138 cm³/mol. The van der Waals surface area contributed by atoms with Crippen molar-refractivity contribution < 1.29 is 32.2 Å². The van der Waals surface area contributed by atoms with Gasteiger partial charge in [0, 0.05) is 40.2 Å². The molecule has 0 radical (unpaired) electrons. The Bertz CT molecular complexity index is 1590. The van der Waals surface area contributed by atoms with Crippen LogP contribution in [-0.4, -0.2) is 70.1 Å². The van der Waals surface area contributed by atoms with E-state index in [0.717, 1.165) is 15.2 Å². The number of aromatic nitrogens is 4. The van der Waals surface area contributed by atoms with E-state index in [2.05, 4.69) is 31.6 Å². The van der Waals surface area contributed by atoms with Gasteiger partial charge in [-0.2, -0.15) is 18.2 Å². The van der Waals surface area contributed by atoms with E-state index in [4.69, 9.17) is 0 Å². The maximum absolute atomic E-state index is 13.2.